The number of benzene rings is 1. The SMILES string of the molecule is C=C1NC(=O)C=CN1[C@]1(C)O[C@H](COP(=S)(NC(C)C(=O)OC(C)C)Oc2ccccc2)C(O)C1F. The van der Waals surface area contributed by atoms with Crippen LogP contribution in [-0.4, -0.2) is 64.7 Å². The van der Waals surface area contributed by atoms with Crippen molar-refractivity contribution >= 4 is 30.3 Å². The molecule has 0 aromatic heterocycles. The van der Waals surface area contributed by atoms with Crippen LogP contribution in [0.5, 0.6) is 5.75 Å². The summed E-state index contributed by atoms with van der Waals surface area (Å²) in [6, 6.07) is 7.74. The Morgan fingerprint density at radius 2 is 2.06 bits per heavy atom. The number of rotatable bonds is 10. The fourth-order valence-corrected chi connectivity index (χ4v) is 6.08. The number of carbonyl (C=O) groups is 2. The van der Waals surface area contributed by atoms with Gasteiger partial charge >= 0.3 is 12.6 Å². The standard InChI is InChI=1S/C23H31FN3O7PS/c1-14(2)32-22(30)15(3)26-35(36,34-17-9-7-6-8-10-17)31-13-18-20(29)21(24)23(5,33-18)27-12-11-19(28)25-16(27)4/h6-12,14-15,18,20-21,29H,4,13H2,1-3,5H3,(H,25,28)(H,26,36)/t15?,18-,20?,21?,23-,35?/m1/s1. The number of para-hydroxylation sites is 1. The van der Waals surface area contributed by atoms with Gasteiger partial charge in [0.25, 0.3) is 5.91 Å². The fourth-order valence-electron chi connectivity index (χ4n) is 3.67. The van der Waals surface area contributed by atoms with Crippen LogP contribution >= 0.6 is 6.64 Å². The fraction of sp³-hybridized carbons (Fsp3) is 0.478. The largest absolute Gasteiger partial charge is 0.462 e. The van der Waals surface area contributed by atoms with E-state index >= 15 is 4.39 Å². The summed E-state index contributed by atoms with van der Waals surface area (Å²) in [5.41, 5.74) is -1.68. The zero-order valence-electron chi connectivity index (χ0n) is 20.4. The van der Waals surface area contributed by atoms with Crippen molar-refractivity contribution in [3.8, 4) is 5.75 Å². The van der Waals surface area contributed by atoms with E-state index in [9.17, 15) is 14.7 Å². The highest BCUT2D eigenvalue weighted by Gasteiger charge is 2.56. The Kier molecular flexibility index (Phi) is 8.92. The first kappa shape index (κ1) is 28.2. The molecule has 2 heterocycles. The van der Waals surface area contributed by atoms with Crippen LogP contribution in [0.3, 0.4) is 0 Å². The normalized spacial score (nSPS) is 28.5. The third-order valence-corrected chi connectivity index (χ3v) is 7.93. The van der Waals surface area contributed by atoms with Gasteiger partial charge in [-0.25, -0.2) is 9.48 Å². The Labute approximate surface area is 214 Å². The maximum Gasteiger partial charge on any atom is 0.323 e. The second kappa shape index (κ2) is 11.4. The highest BCUT2D eigenvalue weighted by atomic mass is 32.5. The molecule has 1 amide bonds. The first-order chi connectivity index (χ1) is 16.8. The molecule has 198 valence electrons. The Morgan fingerprint density at radius 3 is 2.67 bits per heavy atom. The molecular formula is C23H31FN3O7PS. The van der Waals surface area contributed by atoms with Gasteiger partial charge in [-0.1, -0.05) is 24.8 Å². The van der Waals surface area contributed by atoms with Crippen molar-refractivity contribution in [3.05, 3.63) is 55.0 Å². The summed E-state index contributed by atoms with van der Waals surface area (Å²) in [5.74, 6) is -0.475. The van der Waals surface area contributed by atoms with Gasteiger partial charge in [0.1, 0.15) is 29.8 Å². The molecule has 0 spiro atoms. The number of hydrogen-bond acceptors (Lipinski definition) is 9. The number of aliphatic hydroxyl groups is 1. The molecular weight excluding hydrogens is 512 g/mol. The monoisotopic (exact) mass is 543 g/mol. The lowest BCUT2D eigenvalue weighted by Crippen LogP contribution is -2.54. The average Bonchev–Trinajstić information content (AvgIpc) is 3.02. The summed E-state index contributed by atoms with van der Waals surface area (Å²) in [6.07, 6.45) is -2.43. The van der Waals surface area contributed by atoms with E-state index in [4.69, 9.17) is 30.3 Å². The molecule has 0 saturated carbocycles. The maximum atomic E-state index is 15.3. The number of nitrogens with one attached hydrogen (secondary N) is 2. The van der Waals surface area contributed by atoms with E-state index < -0.39 is 48.7 Å². The maximum absolute atomic E-state index is 15.3. The van der Waals surface area contributed by atoms with E-state index in [0.717, 1.165) is 0 Å². The topological polar surface area (TPSA) is 119 Å². The number of esters is 1. The predicted molar refractivity (Wildman–Crippen MR) is 134 cm³/mol. The first-order valence-electron chi connectivity index (χ1n) is 11.3. The van der Waals surface area contributed by atoms with E-state index in [-0.39, 0.29) is 18.5 Å². The highest BCUT2D eigenvalue weighted by Crippen LogP contribution is 2.47. The molecule has 1 aromatic rings. The van der Waals surface area contributed by atoms with E-state index in [1.165, 1.54) is 24.1 Å². The Morgan fingerprint density at radius 1 is 1.39 bits per heavy atom. The predicted octanol–water partition coefficient (Wildman–Crippen LogP) is 2.47. The Hall–Kier alpha value is -2.34. The lowest BCUT2D eigenvalue weighted by Gasteiger charge is -2.40. The van der Waals surface area contributed by atoms with Crippen molar-refractivity contribution in [2.24, 2.45) is 0 Å². The van der Waals surface area contributed by atoms with E-state index in [1.54, 1.807) is 51.1 Å². The Balaban J connectivity index is 1.76. The summed E-state index contributed by atoms with van der Waals surface area (Å²) >= 11 is 5.64. The van der Waals surface area contributed by atoms with Crippen molar-refractivity contribution in [2.75, 3.05) is 6.61 Å². The Bertz CT molecular complexity index is 1060. The van der Waals surface area contributed by atoms with Gasteiger partial charge in [0, 0.05) is 12.3 Å². The van der Waals surface area contributed by atoms with Gasteiger partial charge < -0.3 is 33.8 Å². The van der Waals surface area contributed by atoms with Crippen LogP contribution in [0, 0.1) is 0 Å². The van der Waals surface area contributed by atoms with Crippen LogP contribution in [-0.2, 0) is 35.4 Å². The van der Waals surface area contributed by atoms with Crippen molar-refractivity contribution in [2.45, 2.75) is 63.9 Å². The second-order valence-corrected chi connectivity index (χ2v) is 11.9. The van der Waals surface area contributed by atoms with Gasteiger partial charge in [-0.3, -0.25) is 9.59 Å². The third-order valence-electron chi connectivity index (χ3n) is 5.43. The minimum atomic E-state index is -3.42. The molecule has 13 heteroatoms. The van der Waals surface area contributed by atoms with Crippen LogP contribution in [0.1, 0.15) is 27.7 Å². The average molecular weight is 544 g/mol. The molecule has 0 bridgehead atoms. The van der Waals surface area contributed by atoms with Gasteiger partial charge in [0.2, 0.25) is 0 Å². The molecule has 1 fully saturated rings. The van der Waals surface area contributed by atoms with Crippen LogP contribution in [0.25, 0.3) is 0 Å². The van der Waals surface area contributed by atoms with E-state index in [1.807, 2.05) is 0 Å². The van der Waals surface area contributed by atoms with Crippen molar-refractivity contribution in [3.63, 3.8) is 0 Å². The summed E-state index contributed by atoms with van der Waals surface area (Å²) in [4.78, 5) is 25.2. The minimum Gasteiger partial charge on any atom is -0.462 e. The molecule has 2 aliphatic heterocycles. The zero-order valence-corrected chi connectivity index (χ0v) is 22.1. The highest BCUT2D eigenvalue weighted by molar-refractivity contribution is 8.09. The molecule has 3 N–H and O–H groups in total. The smallest absolute Gasteiger partial charge is 0.323 e. The molecule has 10 nitrogen and oxygen atoms in total. The lowest BCUT2D eigenvalue weighted by molar-refractivity contribution is -0.149. The van der Waals surface area contributed by atoms with Crippen molar-refractivity contribution in [1.82, 2.24) is 15.3 Å². The third kappa shape index (κ3) is 6.50. The van der Waals surface area contributed by atoms with Gasteiger partial charge in [-0.15, -0.1) is 0 Å². The molecule has 36 heavy (non-hydrogen) atoms. The molecule has 1 aromatic carbocycles. The second-order valence-electron chi connectivity index (χ2n) is 8.76. The summed E-state index contributed by atoms with van der Waals surface area (Å²) in [5, 5.41) is 16.0. The summed E-state index contributed by atoms with van der Waals surface area (Å²) in [6.45, 7) is 6.37. The van der Waals surface area contributed by atoms with Gasteiger partial charge in [0.05, 0.1) is 12.7 Å². The van der Waals surface area contributed by atoms with Gasteiger partial charge in [-0.05, 0) is 51.6 Å². The number of amides is 1. The molecule has 0 aliphatic carbocycles. The summed E-state index contributed by atoms with van der Waals surface area (Å²) < 4.78 is 38.2. The van der Waals surface area contributed by atoms with E-state index in [0.29, 0.717) is 5.75 Å². The number of aliphatic hydroxyl groups excluding tert-OH is 1. The van der Waals surface area contributed by atoms with Crippen LogP contribution < -0.4 is 14.9 Å². The van der Waals surface area contributed by atoms with Gasteiger partial charge in [0.15, 0.2) is 11.9 Å². The molecule has 1 saturated heterocycles. The van der Waals surface area contributed by atoms with Crippen LogP contribution in [0.15, 0.2) is 55.0 Å². The van der Waals surface area contributed by atoms with Crippen molar-refractivity contribution in [1.29, 1.82) is 0 Å². The van der Waals surface area contributed by atoms with Crippen LogP contribution in [0.2, 0.25) is 0 Å². The number of alkyl halides is 1. The molecule has 0 radical (unpaired) electrons. The minimum absolute atomic E-state index is 0.0955. The molecule has 2 aliphatic rings. The number of nitrogens with zero attached hydrogens (tertiary/aromatic N) is 1. The quantitative estimate of drug-likeness (QED) is 0.300. The number of hydrogen-bond donors (Lipinski definition) is 3. The molecule has 3 rings (SSSR count). The number of halogens is 1. The number of ether oxygens (including phenoxy) is 2. The molecule has 4 unspecified atom stereocenters. The first-order valence-corrected chi connectivity index (χ1v) is 13.9. The lowest BCUT2D eigenvalue weighted by atomic mass is 10.0. The summed E-state index contributed by atoms with van der Waals surface area (Å²) in [7, 11) is 0. The van der Waals surface area contributed by atoms with Crippen LogP contribution in [0.4, 0.5) is 4.39 Å². The van der Waals surface area contributed by atoms with Gasteiger partial charge in [-0.2, -0.15) is 0 Å². The van der Waals surface area contributed by atoms with E-state index in [2.05, 4.69) is 17.0 Å². The van der Waals surface area contributed by atoms with Crippen molar-refractivity contribution < 1.29 is 37.6 Å². The molecule has 6 atom stereocenters. The number of carbonyl (C=O) groups excluding carboxylic acids is 2. The zero-order chi connectivity index (χ0) is 26.7.